The van der Waals surface area contributed by atoms with E-state index < -0.39 is 0 Å². The number of nitrogens with one attached hydrogen (secondary N) is 1. The quantitative estimate of drug-likeness (QED) is 0.834. The SMILES string of the molecule is N#CCCNc1nc(N2CCCCC2)nc(N2CCCCC2)n1. The van der Waals surface area contributed by atoms with Crippen LogP contribution in [0.25, 0.3) is 0 Å². The molecular formula is C16H25N7. The highest BCUT2D eigenvalue weighted by Crippen LogP contribution is 2.22. The van der Waals surface area contributed by atoms with Crippen molar-refractivity contribution in [2.24, 2.45) is 0 Å². The highest BCUT2D eigenvalue weighted by atomic mass is 15.4. The van der Waals surface area contributed by atoms with E-state index in [1.807, 2.05) is 0 Å². The topological polar surface area (TPSA) is 81.0 Å². The van der Waals surface area contributed by atoms with Crippen molar-refractivity contribution in [3.05, 3.63) is 0 Å². The van der Waals surface area contributed by atoms with E-state index in [2.05, 4.69) is 31.2 Å². The molecule has 0 bridgehead atoms. The van der Waals surface area contributed by atoms with Crippen LogP contribution in [0.2, 0.25) is 0 Å². The Morgan fingerprint density at radius 2 is 1.35 bits per heavy atom. The third-order valence-electron chi connectivity index (χ3n) is 4.41. The van der Waals surface area contributed by atoms with Crippen LogP contribution in [0.1, 0.15) is 44.9 Å². The van der Waals surface area contributed by atoms with E-state index in [1.165, 1.54) is 38.5 Å². The van der Waals surface area contributed by atoms with E-state index in [0.29, 0.717) is 18.9 Å². The lowest BCUT2D eigenvalue weighted by molar-refractivity contribution is 0.556. The average molecular weight is 315 g/mol. The van der Waals surface area contributed by atoms with Gasteiger partial charge in [-0.05, 0) is 38.5 Å². The van der Waals surface area contributed by atoms with Crippen LogP contribution >= 0.6 is 0 Å². The van der Waals surface area contributed by atoms with Gasteiger partial charge in [0, 0.05) is 32.7 Å². The van der Waals surface area contributed by atoms with E-state index in [1.54, 1.807) is 0 Å². The van der Waals surface area contributed by atoms with E-state index in [-0.39, 0.29) is 0 Å². The molecule has 7 nitrogen and oxygen atoms in total. The number of anilines is 3. The predicted octanol–water partition coefficient (Wildman–Crippen LogP) is 2.18. The minimum absolute atomic E-state index is 0.448. The molecule has 23 heavy (non-hydrogen) atoms. The fourth-order valence-corrected chi connectivity index (χ4v) is 3.13. The summed E-state index contributed by atoms with van der Waals surface area (Å²) in [4.78, 5) is 18.4. The summed E-state index contributed by atoms with van der Waals surface area (Å²) >= 11 is 0. The molecule has 0 radical (unpaired) electrons. The Bertz CT molecular complexity index is 506. The maximum absolute atomic E-state index is 8.70. The number of piperidine rings is 2. The van der Waals surface area contributed by atoms with Gasteiger partial charge in [0.25, 0.3) is 0 Å². The normalized spacial score (nSPS) is 18.6. The molecule has 0 aliphatic carbocycles. The summed E-state index contributed by atoms with van der Waals surface area (Å²) < 4.78 is 0. The Balaban J connectivity index is 1.81. The Hall–Kier alpha value is -2.10. The Morgan fingerprint density at radius 3 is 1.83 bits per heavy atom. The van der Waals surface area contributed by atoms with Crippen molar-refractivity contribution in [1.29, 1.82) is 5.26 Å². The molecule has 0 atom stereocenters. The van der Waals surface area contributed by atoms with Gasteiger partial charge < -0.3 is 15.1 Å². The largest absolute Gasteiger partial charge is 0.353 e. The zero-order chi connectivity index (χ0) is 15.9. The first kappa shape index (κ1) is 15.8. The number of rotatable bonds is 5. The molecule has 0 saturated carbocycles. The van der Waals surface area contributed by atoms with E-state index in [0.717, 1.165) is 38.1 Å². The highest BCUT2D eigenvalue weighted by Gasteiger charge is 2.20. The Labute approximate surface area is 137 Å². The number of aromatic nitrogens is 3. The summed E-state index contributed by atoms with van der Waals surface area (Å²) in [5.41, 5.74) is 0. The molecule has 7 heteroatoms. The molecule has 0 spiro atoms. The maximum Gasteiger partial charge on any atom is 0.231 e. The Kier molecular flexibility index (Phi) is 5.46. The number of nitrogens with zero attached hydrogens (tertiary/aromatic N) is 6. The molecule has 1 aromatic heterocycles. The third kappa shape index (κ3) is 4.21. The standard InChI is InChI=1S/C16H25N7/c17-8-7-9-18-14-19-15(22-10-3-1-4-11-22)21-16(20-14)23-12-5-2-6-13-23/h1-7,9-13H2,(H,18,19,20,21). The highest BCUT2D eigenvalue weighted by molar-refractivity contribution is 5.45. The summed E-state index contributed by atoms with van der Waals surface area (Å²) in [5, 5.41) is 11.9. The minimum atomic E-state index is 0.448. The van der Waals surface area contributed by atoms with Crippen molar-refractivity contribution in [1.82, 2.24) is 15.0 Å². The summed E-state index contributed by atoms with van der Waals surface area (Å²) in [6.45, 7) is 4.63. The number of hydrogen-bond donors (Lipinski definition) is 1. The van der Waals surface area contributed by atoms with Gasteiger partial charge in [-0.1, -0.05) is 0 Å². The Morgan fingerprint density at radius 1 is 0.826 bits per heavy atom. The molecule has 0 aromatic carbocycles. The van der Waals surface area contributed by atoms with Crippen LogP contribution in [0.4, 0.5) is 17.8 Å². The molecule has 2 aliphatic heterocycles. The number of hydrogen-bond acceptors (Lipinski definition) is 7. The van der Waals surface area contributed by atoms with Gasteiger partial charge in [-0.3, -0.25) is 0 Å². The van der Waals surface area contributed by atoms with Crippen molar-refractivity contribution >= 4 is 17.8 Å². The molecule has 1 N–H and O–H groups in total. The molecule has 124 valence electrons. The lowest BCUT2D eigenvalue weighted by Gasteiger charge is -2.30. The fraction of sp³-hybridized carbons (Fsp3) is 0.750. The predicted molar refractivity (Wildman–Crippen MR) is 90.7 cm³/mol. The zero-order valence-electron chi connectivity index (χ0n) is 13.7. The molecule has 3 rings (SSSR count). The second-order valence-electron chi connectivity index (χ2n) is 6.19. The second-order valence-corrected chi connectivity index (χ2v) is 6.19. The van der Waals surface area contributed by atoms with Gasteiger partial charge in [0.05, 0.1) is 12.5 Å². The van der Waals surface area contributed by atoms with E-state index >= 15 is 0 Å². The van der Waals surface area contributed by atoms with Crippen LogP contribution in [-0.4, -0.2) is 47.7 Å². The molecule has 2 fully saturated rings. The van der Waals surface area contributed by atoms with Crippen molar-refractivity contribution < 1.29 is 0 Å². The molecule has 1 aromatic rings. The minimum Gasteiger partial charge on any atom is -0.353 e. The third-order valence-corrected chi connectivity index (χ3v) is 4.41. The average Bonchev–Trinajstić information content (AvgIpc) is 2.63. The van der Waals surface area contributed by atoms with Gasteiger partial charge >= 0.3 is 0 Å². The molecular weight excluding hydrogens is 290 g/mol. The lowest BCUT2D eigenvalue weighted by Crippen LogP contribution is -2.34. The first-order chi connectivity index (χ1) is 11.4. The van der Waals surface area contributed by atoms with E-state index in [4.69, 9.17) is 10.2 Å². The first-order valence-corrected chi connectivity index (χ1v) is 8.73. The van der Waals surface area contributed by atoms with Crippen molar-refractivity contribution in [2.75, 3.05) is 47.8 Å². The van der Waals surface area contributed by atoms with Crippen LogP contribution in [0.3, 0.4) is 0 Å². The maximum atomic E-state index is 8.70. The summed E-state index contributed by atoms with van der Waals surface area (Å²) in [6, 6.07) is 2.14. The molecule has 2 saturated heterocycles. The second kappa shape index (κ2) is 7.95. The van der Waals surface area contributed by atoms with Crippen LogP contribution in [-0.2, 0) is 0 Å². The van der Waals surface area contributed by atoms with E-state index in [9.17, 15) is 0 Å². The summed E-state index contributed by atoms with van der Waals surface area (Å²) in [5.74, 6) is 2.15. The van der Waals surface area contributed by atoms with Gasteiger partial charge in [0.1, 0.15) is 0 Å². The molecule has 2 aliphatic rings. The van der Waals surface area contributed by atoms with Gasteiger partial charge in [-0.15, -0.1) is 0 Å². The van der Waals surface area contributed by atoms with Gasteiger partial charge in [-0.2, -0.15) is 20.2 Å². The molecule has 3 heterocycles. The van der Waals surface area contributed by atoms with Crippen molar-refractivity contribution in [2.45, 2.75) is 44.9 Å². The van der Waals surface area contributed by atoms with Crippen LogP contribution < -0.4 is 15.1 Å². The summed E-state index contributed by atoms with van der Waals surface area (Å²) in [7, 11) is 0. The van der Waals surface area contributed by atoms with Crippen molar-refractivity contribution in [3.63, 3.8) is 0 Å². The van der Waals surface area contributed by atoms with Crippen LogP contribution in [0.5, 0.6) is 0 Å². The molecule has 0 amide bonds. The van der Waals surface area contributed by atoms with Crippen molar-refractivity contribution in [3.8, 4) is 6.07 Å². The number of nitriles is 1. The van der Waals surface area contributed by atoms with Gasteiger partial charge in [0.2, 0.25) is 17.8 Å². The monoisotopic (exact) mass is 315 g/mol. The smallest absolute Gasteiger partial charge is 0.231 e. The lowest BCUT2D eigenvalue weighted by atomic mass is 10.1. The zero-order valence-corrected chi connectivity index (χ0v) is 13.7. The fourth-order valence-electron chi connectivity index (χ4n) is 3.13. The molecule has 0 unspecified atom stereocenters. The first-order valence-electron chi connectivity index (χ1n) is 8.73. The van der Waals surface area contributed by atoms with Crippen LogP contribution in [0.15, 0.2) is 0 Å². The summed E-state index contributed by atoms with van der Waals surface area (Å²) in [6.07, 6.45) is 7.80. The van der Waals surface area contributed by atoms with Gasteiger partial charge in [-0.25, -0.2) is 0 Å². The van der Waals surface area contributed by atoms with Gasteiger partial charge in [0.15, 0.2) is 0 Å². The van der Waals surface area contributed by atoms with Crippen LogP contribution in [0, 0.1) is 11.3 Å².